The fourth-order valence-corrected chi connectivity index (χ4v) is 2.54. The first-order valence-electron chi connectivity index (χ1n) is 5.09. The van der Waals surface area contributed by atoms with Crippen LogP contribution in [0, 0.1) is 0 Å². The van der Waals surface area contributed by atoms with Gasteiger partial charge in [-0.2, -0.15) is 0 Å². The van der Waals surface area contributed by atoms with Crippen LogP contribution in [0.3, 0.4) is 0 Å². The van der Waals surface area contributed by atoms with Crippen molar-refractivity contribution in [2.45, 2.75) is 6.92 Å². The van der Waals surface area contributed by atoms with Gasteiger partial charge in [0.1, 0.15) is 0 Å². The first-order valence-corrected chi connectivity index (χ1v) is 6.70. The van der Waals surface area contributed by atoms with Gasteiger partial charge in [0.05, 0.1) is 11.5 Å². The quantitative estimate of drug-likeness (QED) is 0.810. The van der Waals surface area contributed by atoms with Gasteiger partial charge in [0.15, 0.2) is 0 Å². The number of thiazole rings is 1. The van der Waals surface area contributed by atoms with Gasteiger partial charge in [-0.25, -0.2) is 9.78 Å². The van der Waals surface area contributed by atoms with Crippen LogP contribution in [0.25, 0.3) is 10.4 Å². The summed E-state index contributed by atoms with van der Waals surface area (Å²) in [6, 6.07) is 7.87. The van der Waals surface area contributed by atoms with Gasteiger partial charge < -0.3 is 4.74 Å². The number of carbonyl (C=O) groups is 1. The number of hydrogen-bond donors (Lipinski definition) is 0. The fraction of sp³-hybridized carbons (Fsp3) is 0.167. The smallest absolute Gasteiger partial charge is 0.367 e. The van der Waals surface area contributed by atoms with Gasteiger partial charge in [-0.15, -0.1) is 11.3 Å². The highest BCUT2D eigenvalue weighted by molar-refractivity contribution is 9.10. The molecule has 0 N–H and O–H groups in total. The van der Waals surface area contributed by atoms with Crippen molar-refractivity contribution in [3.8, 4) is 10.4 Å². The Kier molecular flexibility index (Phi) is 3.91. The van der Waals surface area contributed by atoms with Crippen molar-refractivity contribution in [2.24, 2.45) is 0 Å². The molecule has 0 aliphatic carbocycles. The van der Waals surface area contributed by atoms with Crippen LogP contribution in [-0.2, 0) is 4.74 Å². The number of rotatable bonds is 3. The van der Waals surface area contributed by atoms with Crippen molar-refractivity contribution in [1.29, 1.82) is 0 Å². The Hall–Kier alpha value is -1.20. The Bertz CT molecular complexity index is 539. The number of hydrogen-bond acceptors (Lipinski definition) is 4. The van der Waals surface area contributed by atoms with Crippen LogP contribution in [0.5, 0.6) is 0 Å². The summed E-state index contributed by atoms with van der Waals surface area (Å²) in [7, 11) is 0. The van der Waals surface area contributed by atoms with Crippen molar-refractivity contribution in [2.75, 3.05) is 6.61 Å². The van der Waals surface area contributed by atoms with E-state index in [9.17, 15) is 4.79 Å². The van der Waals surface area contributed by atoms with Gasteiger partial charge in [0.2, 0.25) is 5.01 Å². The van der Waals surface area contributed by atoms with Crippen molar-refractivity contribution in [1.82, 2.24) is 4.98 Å². The summed E-state index contributed by atoms with van der Waals surface area (Å²) in [6.45, 7) is 2.14. The number of esters is 1. The summed E-state index contributed by atoms with van der Waals surface area (Å²) < 4.78 is 5.90. The maximum absolute atomic E-state index is 11.5. The molecule has 0 atom stereocenters. The highest BCUT2D eigenvalue weighted by Crippen LogP contribution is 2.28. The number of benzene rings is 1. The molecule has 1 aromatic heterocycles. The molecule has 0 saturated carbocycles. The average molecular weight is 312 g/mol. The van der Waals surface area contributed by atoms with E-state index in [1.54, 1.807) is 13.1 Å². The van der Waals surface area contributed by atoms with Crippen LogP contribution in [0.1, 0.15) is 16.7 Å². The molecule has 0 spiro atoms. The van der Waals surface area contributed by atoms with Crippen molar-refractivity contribution in [3.63, 3.8) is 0 Å². The first kappa shape index (κ1) is 12.3. The Morgan fingerprint density at radius 2 is 2.35 bits per heavy atom. The molecule has 0 amide bonds. The van der Waals surface area contributed by atoms with E-state index in [-0.39, 0.29) is 5.97 Å². The summed E-state index contributed by atoms with van der Waals surface area (Å²) in [4.78, 5) is 16.5. The minimum Gasteiger partial charge on any atom is -0.461 e. The third-order valence-electron chi connectivity index (χ3n) is 2.06. The summed E-state index contributed by atoms with van der Waals surface area (Å²) in [6.07, 6.45) is 1.69. The third kappa shape index (κ3) is 2.92. The minimum atomic E-state index is -0.362. The number of carbonyl (C=O) groups excluding carboxylic acids is 1. The van der Waals surface area contributed by atoms with Crippen LogP contribution >= 0.6 is 27.3 Å². The maximum atomic E-state index is 11.5. The summed E-state index contributed by atoms with van der Waals surface area (Å²) in [5.41, 5.74) is 1.03. The Labute approximate surface area is 112 Å². The predicted octanol–water partition coefficient (Wildman–Crippen LogP) is 3.75. The van der Waals surface area contributed by atoms with Gasteiger partial charge in [-0.3, -0.25) is 0 Å². The second kappa shape index (κ2) is 5.42. The topological polar surface area (TPSA) is 39.2 Å². The summed E-state index contributed by atoms with van der Waals surface area (Å²) in [5, 5.41) is 0.391. The molecule has 5 heteroatoms. The van der Waals surface area contributed by atoms with Crippen LogP contribution in [0.4, 0.5) is 0 Å². The molecule has 0 fully saturated rings. The second-order valence-electron chi connectivity index (χ2n) is 3.26. The molecular formula is C12H10BrNO2S. The van der Waals surface area contributed by atoms with E-state index >= 15 is 0 Å². The molecular weight excluding hydrogens is 302 g/mol. The van der Waals surface area contributed by atoms with E-state index in [2.05, 4.69) is 20.9 Å². The van der Waals surface area contributed by atoms with Gasteiger partial charge >= 0.3 is 5.97 Å². The van der Waals surface area contributed by atoms with E-state index in [1.165, 1.54) is 11.3 Å². The summed E-state index contributed by atoms with van der Waals surface area (Å²) >= 11 is 4.75. The lowest BCUT2D eigenvalue weighted by molar-refractivity contribution is 0.0526. The fourth-order valence-electron chi connectivity index (χ4n) is 1.34. The van der Waals surface area contributed by atoms with Crippen LogP contribution in [0.15, 0.2) is 34.9 Å². The van der Waals surface area contributed by atoms with E-state index < -0.39 is 0 Å². The largest absolute Gasteiger partial charge is 0.461 e. The maximum Gasteiger partial charge on any atom is 0.367 e. The molecule has 0 aliphatic heterocycles. The molecule has 88 valence electrons. The van der Waals surface area contributed by atoms with E-state index in [0.29, 0.717) is 11.6 Å². The molecule has 0 saturated heterocycles. The normalized spacial score (nSPS) is 10.2. The Morgan fingerprint density at radius 1 is 1.53 bits per heavy atom. The first-order chi connectivity index (χ1) is 8.20. The van der Waals surface area contributed by atoms with E-state index in [4.69, 9.17) is 4.74 Å². The van der Waals surface area contributed by atoms with Gasteiger partial charge in [-0.1, -0.05) is 28.1 Å². The Balaban J connectivity index is 2.27. The molecule has 0 aliphatic rings. The zero-order valence-corrected chi connectivity index (χ0v) is 11.5. The van der Waals surface area contributed by atoms with Crippen LogP contribution in [-0.4, -0.2) is 17.6 Å². The molecule has 0 unspecified atom stereocenters. The van der Waals surface area contributed by atoms with Gasteiger partial charge in [-0.05, 0) is 24.6 Å². The van der Waals surface area contributed by atoms with Gasteiger partial charge in [0.25, 0.3) is 0 Å². The number of aromatic nitrogens is 1. The lowest BCUT2D eigenvalue weighted by Gasteiger charge is -1.97. The monoisotopic (exact) mass is 311 g/mol. The molecule has 0 radical (unpaired) electrons. The van der Waals surface area contributed by atoms with E-state index in [1.807, 2.05) is 24.3 Å². The predicted molar refractivity (Wildman–Crippen MR) is 71.2 cm³/mol. The molecule has 17 heavy (non-hydrogen) atoms. The van der Waals surface area contributed by atoms with Crippen molar-refractivity contribution >= 4 is 33.2 Å². The van der Waals surface area contributed by atoms with Crippen molar-refractivity contribution < 1.29 is 9.53 Å². The summed E-state index contributed by atoms with van der Waals surface area (Å²) in [5.74, 6) is -0.362. The van der Waals surface area contributed by atoms with Gasteiger partial charge in [0, 0.05) is 10.7 Å². The zero-order valence-electron chi connectivity index (χ0n) is 9.14. The second-order valence-corrected chi connectivity index (χ2v) is 5.21. The Morgan fingerprint density at radius 3 is 3.06 bits per heavy atom. The van der Waals surface area contributed by atoms with E-state index in [0.717, 1.165) is 14.9 Å². The molecule has 3 nitrogen and oxygen atoms in total. The molecule has 1 aromatic carbocycles. The standard InChI is InChI=1S/C12H10BrNO2S/c1-2-16-12(15)11-14-7-10(17-11)8-4-3-5-9(13)6-8/h3-7H,2H2,1H3. The molecule has 1 heterocycles. The van der Waals surface area contributed by atoms with Crippen molar-refractivity contribution in [3.05, 3.63) is 39.9 Å². The third-order valence-corrected chi connectivity index (χ3v) is 3.58. The number of ether oxygens (including phenoxy) is 1. The minimum absolute atomic E-state index is 0.362. The highest BCUT2D eigenvalue weighted by Gasteiger charge is 2.12. The highest BCUT2D eigenvalue weighted by atomic mass is 79.9. The average Bonchev–Trinajstić information content (AvgIpc) is 2.78. The number of halogens is 1. The molecule has 2 aromatic rings. The lowest BCUT2D eigenvalue weighted by Crippen LogP contribution is -2.03. The zero-order chi connectivity index (χ0) is 12.3. The number of nitrogens with zero attached hydrogens (tertiary/aromatic N) is 1. The molecule has 0 bridgehead atoms. The molecule has 2 rings (SSSR count). The SMILES string of the molecule is CCOC(=O)c1ncc(-c2cccc(Br)c2)s1. The van der Waals surface area contributed by atoms with Crippen LogP contribution < -0.4 is 0 Å². The lowest BCUT2D eigenvalue weighted by atomic mass is 10.2. The van der Waals surface area contributed by atoms with Crippen LogP contribution in [0.2, 0.25) is 0 Å².